The van der Waals surface area contributed by atoms with Crippen molar-refractivity contribution in [2.45, 2.75) is 83.0 Å². The predicted molar refractivity (Wildman–Crippen MR) is 92.8 cm³/mol. The maximum atomic E-state index is 12.8. The van der Waals surface area contributed by atoms with Crippen LogP contribution in [0.15, 0.2) is 0 Å². The van der Waals surface area contributed by atoms with Gasteiger partial charge in [0, 0.05) is 19.0 Å². The van der Waals surface area contributed by atoms with Crippen LogP contribution >= 0.6 is 11.8 Å². The van der Waals surface area contributed by atoms with Gasteiger partial charge in [-0.1, -0.05) is 0 Å². The Morgan fingerprint density at radius 2 is 1.73 bits per heavy atom. The number of nitrogens with zero attached hydrogens (tertiary/aromatic N) is 1. The van der Waals surface area contributed by atoms with E-state index in [4.69, 9.17) is 4.74 Å². The summed E-state index contributed by atoms with van der Waals surface area (Å²) in [5, 5.41) is 0. The lowest BCUT2D eigenvalue weighted by molar-refractivity contribution is -0.284. The second-order valence-electron chi connectivity index (χ2n) is 7.53. The second kappa shape index (κ2) is 9.46. The molecule has 0 aromatic carbocycles. The minimum absolute atomic E-state index is 0.111. The van der Waals surface area contributed by atoms with Crippen LogP contribution in [0.4, 0.5) is 26.7 Å². The van der Waals surface area contributed by atoms with E-state index in [1.807, 2.05) is 20.8 Å². The van der Waals surface area contributed by atoms with Gasteiger partial charge < -0.3 is 9.64 Å². The SMILES string of the molecule is CC(C)(C)OC(=O)N1CCCC1CCCSCCCC(F)(F)C(F)(F)F. The van der Waals surface area contributed by atoms with Crippen LogP contribution < -0.4 is 0 Å². The third kappa shape index (κ3) is 7.88. The van der Waals surface area contributed by atoms with Crippen LogP contribution in [0.5, 0.6) is 0 Å². The van der Waals surface area contributed by atoms with Crippen LogP contribution in [0.2, 0.25) is 0 Å². The Hall–Kier alpha value is -0.730. The fraction of sp³-hybridized carbons (Fsp3) is 0.941. The molecular formula is C17H28F5NO2S. The molecular weight excluding hydrogens is 377 g/mol. The van der Waals surface area contributed by atoms with Gasteiger partial charge in [-0.3, -0.25) is 0 Å². The first-order chi connectivity index (χ1) is 11.8. The summed E-state index contributed by atoms with van der Waals surface area (Å²) in [6, 6.07) is 0.111. The number of halogens is 5. The van der Waals surface area contributed by atoms with Gasteiger partial charge in [0.2, 0.25) is 0 Å². The number of alkyl halides is 5. The van der Waals surface area contributed by atoms with Crippen molar-refractivity contribution < 1.29 is 31.5 Å². The quantitative estimate of drug-likeness (QED) is 0.373. The Labute approximate surface area is 156 Å². The summed E-state index contributed by atoms with van der Waals surface area (Å²) in [7, 11) is 0. The highest BCUT2D eigenvalue weighted by atomic mass is 32.2. The highest BCUT2D eigenvalue weighted by Gasteiger charge is 2.56. The van der Waals surface area contributed by atoms with E-state index in [2.05, 4.69) is 0 Å². The summed E-state index contributed by atoms with van der Waals surface area (Å²) < 4.78 is 67.0. The van der Waals surface area contributed by atoms with Crippen LogP contribution in [0.25, 0.3) is 0 Å². The zero-order valence-electron chi connectivity index (χ0n) is 15.5. The Morgan fingerprint density at radius 3 is 2.31 bits per heavy atom. The Morgan fingerprint density at radius 1 is 1.12 bits per heavy atom. The normalized spacial score (nSPS) is 19.1. The molecule has 1 aliphatic rings. The molecule has 154 valence electrons. The average molecular weight is 405 g/mol. The van der Waals surface area contributed by atoms with Crippen molar-refractivity contribution in [2.24, 2.45) is 0 Å². The highest BCUT2D eigenvalue weighted by molar-refractivity contribution is 7.99. The van der Waals surface area contributed by atoms with Crippen LogP contribution in [0.3, 0.4) is 0 Å². The number of carbonyl (C=O) groups excluding carboxylic acids is 1. The maximum absolute atomic E-state index is 12.8. The average Bonchev–Trinajstić information content (AvgIpc) is 2.91. The lowest BCUT2D eigenvalue weighted by Gasteiger charge is -2.28. The molecule has 1 fully saturated rings. The van der Waals surface area contributed by atoms with Crippen LogP contribution in [0.1, 0.15) is 59.3 Å². The van der Waals surface area contributed by atoms with Gasteiger partial charge in [0.15, 0.2) is 0 Å². The number of hydrogen-bond acceptors (Lipinski definition) is 3. The van der Waals surface area contributed by atoms with Gasteiger partial charge in [-0.25, -0.2) is 4.79 Å². The minimum atomic E-state index is -5.47. The van der Waals surface area contributed by atoms with E-state index in [0.717, 1.165) is 25.7 Å². The third-order valence-electron chi connectivity index (χ3n) is 4.03. The molecule has 0 spiro atoms. The minimum Gasteiger partial charge on any atom is -0.444 e. The van der Waals surface area contributed by atoms with Gasteiger partial charge in [-0.2, -0.15) is 33.7 Å². The lowest BCUT2D eigenvalue weighted by atomic mass is 10.1. The fourth-order valence-electron chi connectivity index (χ4n) is 2.76. The summed E-state index contributed by atoms with van der Waals surface area (Å²) in [6.45, 7) is 6.11. The lowest BCUT2D eigenvalue weighted by Crippen LogP contribution is -2.39. The monoisotopic (exact) mass is 405 g/mol. The molecule has 1 aliphatic heterocycles. The van der Waals surface area contributed by atoms with Crippen molar-refractivity contribution in [2.75, 3.05) is 18.1 Å². The maximum Gasteiger partial charge on any atom is 0.453 e. The van der Waals surface area contributed by atoms with Crippen molar-refractivity contribution in [1.82, 2.24) is 4.90 Å². The molecule has 1 rings (SSSR count). The number of likely N-dealkylation sites (tertiary alicyclic amines) is 1. The molecule has 0 aromatic rings. The van der Waals surface area contributed by atoms with Crippen molar-refractivity contribution in [3.8, 4) is 0 Å². The zero-order chi connectivity index (χ0) is 20.0. The molecule has 0 saturated carbocycles. The zero-order valence-corrected chi connectivity index (χ0v) is 16.3. The summed E-state index contributed by atoms with van der Waals surface area (Å²) in [6.07, 6.45) is -3.74. The molecule has 1 atom stereocenters. The molecule has 0 N–H and O–H groups in total. The fourth-order valence-corrected chi connectivity index (χ4v) is 3.68. The van der Waals surface area contributed by atoms with Gasteiger partial charge in [-0.15, -0.1) is 0 Å². The highest BCUT2D eigenvalue weighted by Crippen LogP contribution is 2.39. The van der Waals surface area contributed by atoms with Crippen LogP contribution in [-0.4, -0.2) is 52.8 Å². The molecule has 0 bridgehead atoms. The second-order valence-corrected chi connectivity index (χ2v) is 8.75. The van der Waals surface area contributed by atoms with E-state index in [1.54, 1.807) is 4.90 Å². The van der Waals surface area contributed by atoms with Crippen LogP contribution in [0, 0.1) is 0 Å². The first-order valence-electron chi connectivity index (χ1n) is 8.85. The summed E-state index contributed by atoms with van der Waals surface area (Å²) >= 11 is 1.37. The van der Waals surface area contributed by atoms with Gasteiger partial charge in [0.25, 0.3) is 0 Å². The Bertz CT molecular complexity index is 451. The van der Waals surface area contributed by atoms with E-state index in [1.165, 1.54) is 11.8 Å². The number of rotatable bonds is 8. The molecule has 26 heavy (non-hydrogen) atoms. The number of hydrogen-bond donors (Lipinski definition) is 0. The molecule has 0 aliphatic carbocycles. The van der Waals surface area contributed by atoms with Gasteiger partial charge in [-0.05, 0) is 64.4 Å². The number of carbonyl (C=O) groups is 1. The molecule has 3 nitrogen and oxygen atoms in total. The topological polar surface area (TPSA) is 29.5 Å². The number of amides is 1. The van der Waals surface area contributed by atoms with Crippen molar-refractivity contribution in [3.05, 3.63) is 0 Å². The van der Waals surface area contributed by atoms with E-state index in [9.17, 15) is 26.7 Å². The van der Waals surface area contributed by atoms with Gasteiger partial charge >= 0.3 is 18.2 Å². The molecule has 9 heteroatoms. The predicted octanol–water partition coefficient (Wildman–Crippen LogP) is 5.88. The molecule has 1 saturated heterocycles. The van der Waals surface area contributed by atoms with E-state index in [0.29, 0.717) is 12.3 Å². The van der Waals surface area contributed by atoms with Gasteiger partial charge in [0.05, 0.1) is 0 Å². The summed E-state index contributed by atoms with van der Waals surface area (Å²) in [5.74, 6) is -3.66. The molecule has 0 aromatic heterocycles. The summed E-state index contributed by atoms with van der Waals surface area (Å²) in [4.78, 5) is 13.9. The van der Waals surface area contributed by atoms with E-state index in [-0.39, 0.29) is 24.3 Å². The van der Waals surface area contributed by atoms with Crippen molar-refractivity contribution in [3.63, 3.8) is 0 Å². The largest absolute Gasteiger partial charge is 0.453 e. The Kier molecular flexibility index (Phi) is 8.48. The first-order valence-corrected chi connectivity index (χ1v) is 10.0. The molecule has 0 radical (unpaired) electrons. The smallest absolute Gasteiger partial charge is 0.444 e. The molecule has 1 amide bonds. The van der Waals surface area contributed by atoms with Crippen molar-refractivity contribution in [1.29, 1.82) is 0 Å². The first kappa shape index (κ1) is 23.3. The molecule has 1 unspecified atom stereocenters. The van der Waals surface area contributed by atoms with Gasteiger partial charge in [0.1, 0.15) is 5.60 Å². The number of ether oxygens (including phenoxy) is 1. The molecule has 1 heterocycles. The van der Waals surface area contributed by atoms with Crippen molar-refractivity contribution >= 4 is 17.9 Å². The number of thioether (sulfide) groups is 1. The standard InChI is InChI=1S/C17H28F5NO2S/c1-15(2,3)25-14(24)23-10-4-7-13(23)8-5-11-26-12-6-9-16(18,19)17(20,21)22/h13H,4-12H2,1-3H3. The third-order valence-corrected chi connectivity index (χ3v) is 5.18. The van der Waals surface area contributed by atoms with Crippen LogP contribution in [-0.2, 0) is 4.74 Å². The Balaban J connectivity index is 2.20. The summed E-state index contributed by atoms with van der Waals surface area (Å²) in [5.41, 5.74) is -0.543. The van der Waals surface area contributed by atoms with E-state index < -0.39 is 24.1 Å². The van der Waals surface area contributed by atoms with E-state index >= 15 is 0 Å².